The minimum Gasteiger partial charge on any atom is -0.389 e. The first-order valence-corrected chi connectivity index (χ1v) is 6.90. The van der Waals surface area contributed by atoms with Crippen LogP contribution in [0.1, 0.15) is 52.4 Å². The Hall–Kier alpha value is -0.120. The fourth-order valence-corrected chi connectivity index (χ4v) is 2.39. The van der Waals surface area contributed by atoms with Crippen molar-refractivity contribution in [2.75, 3.05) is 26.8 Å². The molecule has 1 fully saturated rings. The van der Waals surface area contributed by atoms with E-state index in [4.69, 9.17) is 4.74 Å². The van der Waals surface area contributed by atoms with Gasteiger partial charge in [0.2, 0.25) is 0 Å². The molecule has 0 atom stereocenters. The predicted molar refractivity (Wildman–Crippen MR) is 71.2 cm³/mol. The van der Waals surface area contributed by atoms with E-state index < -0.39 is 5.60 Å². The van der Waals surface area contributed by atoms with Crippen LogP contribution in [0.5, 0.6) is 0 Å². The van der Waals surface area contributed by atoms with Gasteiger partial charge in [0.1, 0.15) is 0 Å². The standard InChI is InChI=1S/C14H29NO2/c1-13(2)6-8-14(16,9-7-13)12-15-10-4-5-11-17-3/h15-16H,4-12H2,1-3H3. The van der Waals surface area contributed by atoms with Gasteiger partial charge in [0, 0.05) is 20.3 Å². The van der Waals surface area contributed by atoms with E-state index in [-0.39, 0.29) is 0 Å². The minimum absolute atomic E-state index is 0.421. The van der Waals surface area contributed by atoms with Crippen LogP contribution in [0.15, 0.2) is 0 Å². The summed E-state index contributed by atoms with van der Waals surface area (Å²) in [7, 11) is 1.74. The molecule has 0 saturated heterocycles. The van der Waals surface area contributed by atoms with Crippen molar-refractivity contribution in [2.45, 2.75) is 58.0 Å². The van der Waals surface area contributed by atoms with Crippen LogP contribution >= 0.6 is 0 Å². The van der Waals surface area contributed by atoms with Crippen LogP contribution in [0.2, 0.25) is 0 Å². The van der Waals surface area contributed by atoms with Crippen molar-refractivity contribution in [3.05, 3.63) is 0 Å². The molecule has 1 aliphatic rings. The third-order valence-electron chi connectivity index (χ3n) is 3.94. The molecule has 0 aromatic rings. The molecular weight excluding hydrogens is 214 g/mol. The van der Waals surface area contributed by atoms with E-state index in [1.165, 1.54) is 0 Å². The topological polar surface area (TPSA) is 41.5 Å². The van der Waals surface area contributed by atoms with Gasteiger partial charge in [0.25, 0.3) is 0 Å². The van der Waals surface area contributed by atoms with Gasteiger partial charge in [-0.1, -0.05) is 13.8 Å². The van der Waals surface area contributed by atoms with Gasteiger partial charge < -0.3 is 15.2 Å². The number of rotatable bonds is 7. The first kappa shape index (κ1) is 14.9. The van der Waals surface area contributed by atoms with Gasteiger partial charge in [-0.15, -0.1) is 0 Å². The SMILES string of the molecule is COCCCCNCC1(O)CCC(C)(C)CC1. The summed E-state index contributed by atoms with van der Waals surface area (Å²) in [6, 6.07) is 0. The zero-order valence-corrected chi connectivity index (χ0v) is 11.7. The van der Waals surface area contributed by atoms with Gasteiger partial charge in [0.15, 0.2) is 0 Å². The zero-order valence-electron chi connectivity index (χ0n) is 11.7. The summed E-state index contributed by atoms with van der Waals surface area (Å²) in [5.41, 5.74) is -0.0402. The lowest BCUT2D eigenvalue weighted by atomic mass is 9.71. The molecule has 1 aliphatic carbocycles. The Morgan fingerprint density at radius 3 is 2.35 bits per heavy atom. The van der Waals surface area contributed by atoms with Crippen molar-refractivity contribution in [3.8, 4) is 0 Å². The molecular formula is C14H29NO2. The average molecular weight is 243 g/mol. The molecule has 0 aromatic heterocycles. The number of ether oxygens (including phenoxy) is 1. The van der Waals surface area contributed by atoms with Crippen molar-refractivity contribution >= 4 is 0 Å². The number of hydrogen-bond acceptors (Lipinski definition) is 3. The predicted octanol–water partition coefficient (Wildman–Crippen LogP) is 2.33. The highest BCUT2D eigenvalue weighted by Crippen LogP contribution is 2.39. The number of unbranched alkanes of at least 4 members (excludes halogenated alkanes) is 1. The summed E-state index contributed by atoms with van der Waals surface area (Å²) in [6.45, 7) is 7.15. The third kappa shape index (κ3) is 5.84. The summed E-state index contributed by atoms with van der Waals surface area (Å²) in [4.78, 5) is 0. The van der Waals surface area contributed by atoms with Gasteiger partial charge in [-0.2, -0.15) is 0 Å². The minimum atomic E-state index is -0.462. The van der Waals surface area contributed by atoms with E-state index in [1.54, 1.807) is 7.11 Å². The molecule has 1 saturated carbocycles. The summed E-state index contributed by atoms with van der Waals surface area (Å²) in [5.74, 6) is 0. The summed E-state index contributed by atoms with van der Waals surface area (Å²) < 4.78 is 5.00. The Bertz CT molecular complexity index is 206. The molecule has 1 rings (SSSR count). The monoisotopic (exact) mass is 243 g/mol. The lowest BCUT2D eigenvalue weighted by Gasteiger charge is -2.40. The summed E-state index contributed by atoms with van der Waals surface area (Å²) in [6.07, 6.45) is 6.35. The molecule has 2 N–H and O–H groups in total. The molecule has 0 unspecified atom stereocenters. The highest BCUT2D eigenvalue weighted by molar-refractivity contribution is 4.90. The second kappa shape index (κ2) is 6.72. The molecule has 0 radical (unpaired) electrons. The van der Waals surface area contributed by atoms with Crippen molar-refractivity contribution in [3.63, 3.8) is 0 Å². The number of nitrogens with one attached hydrogen (secondary N) is 1. The molecule has 0 aliphatic heterocycles. The Morgan fingerprint density at radius 2 is 1.76 bits per heavy atom. The molecule has 0 amide bonds. The number of hydrogen-bond donors (Lipinski definition) is 2. The van der Waals surface area contributed by atoms with E-state index in [0.29, 0.717) is 5.41 Å². The van der Waals surface area contributed by atoms with Crippen molar-refractivity contribution in [1.82, 2.24) is 5.32 Å². The maximum Gasteiger partial charge on any atom is 0.0772 e. The lowest BCUT2D eigenvalue weighted by Crippen LogP contribution is -2.45. The second-order valence-corrected chi connectivity index (χ2v) is 6.27. The van der Waals surface area contributed by atoms with Crippen LogP contribution in [-0.2, 0) is 4.74 Å². The number of methoxy groups -OCH3 is 1. The van der Waals surface area contributed by atoms with E-state index in [0.717, 1.165) is 58.2 Å². The Balaban J connectivity index is 2.10. The Kier molecular flexibility index (Phi) is 5.90. The van der Waals surface area contributed by atoms with Gasteiger partial charge in [-0.25, -0.2) is 0 Å². The highest BCUT2D eigenvalue weighted by Gasteiger charge is 2.36. The first-order chi connectivity index (χ1) is 7.97. The third-order valence-corrected chi connectivity index (χ3v) is 3.94. The number of aliphatic hydroxyl groups is 1. The molecule has 0 heterocycles. The first-order valence-electron chi connectivity index (χ1n) is 6.90. The van der Waals surface area contributed by atoms with Crippen LogP contribution in [0.3, 0.4) is 0 Å². The lowest BCUT2D eigenvalue weighted by molar-refractivity contribution is -0.0242. The van der Waals surface area contributed by atoms with Crippen molar-refractivity contribution in [1.29, 1.82) is 0 Å². The molecule has 17 heavy (non-hydrogen) atoms. The van der Waals surface area contributed by atoms with Crippen LogP contribution in [0, 0.1) is 5.41 Å². The van der Waals surface area contributed by atoms with Crippen LogP contribution in [0.25, 0.3) is 0 Å². The average Bonchev–Trinajstić information content (AvgIpc) is 2.28. The van der Waals surface area contributed by atoms with Gasteiger partial charge in [0.05, 0.1) is 5.60 Å². The molecule has 102 valence electrons. The molecule has 3 heteroatoms. The smallest absolute Gasteiger partial charge is 0.0772 e. The largest absolute Gasteiger partial charge is 0.389 e. The van der Waals surface area contributed by atoms with E-state index >= 15 is 0 Å². The van der Waals surface area contributed by atoms with E-state index in [2.05, 4.69) is 19.2 Å². The maximum atomic E-state index is 10.4. The van der Waals surface area contributed by atoms with E-state index in [1.807, 2.05) is 0 Å². The molecule has 0 spiro atoms. The molecule has 3 nitrogen and oxygen atoms in total. The molecule has 0 aromatic carbocycles. The Morgan fingerprint density at radius 1 is 1.12 bits per heavy atom. The van der Waals surface area contributed by atoms with Crippen molar-refractivity contribution in [2.24, 2.45) is 5.41 Å². The zero-order chi connectivity index (χ0) is 12.8. The maximum absolute atomic E-state index is 10.4. The van der Waals surface area contributed by atoms with Gasteiger partial charge in [-0.3, -0.25) is 0 Å². The van der Waals surface area contributed by atoms with Crippen LogP contribution < -0.4 is 5.32 Å². The quantitative estimate of drug-likeness (QED) is 0.674. The van der Waals surface area contributed by atoms with Gasteiger partial charge in [-0.05, 0) is 50.5 Å². The van der Waals surface area contributed by atoms with Crippen LogP contribution in [0.4, 0.5) is 0 Å². The molecule has 0 bridgehead atoms. The van der Waals surface area contributed by atoms with Crippen LogP contribution in [-0.4, -0.2) is 37.5 Å². The fraction of sp³-hybridized carbons (Fsp3) is 1.00. The highest BCUT2D eigenvalue weighted by atomic mass is 16.5. The summed E-state index contributed by atoms with van der Waals surface area (Å²) >= 11 is 0. The van der Waals surface area contributed by atoms with E-state index in [9.17, 15) is 5.11 Å². The normalized spacial score (nSPS) is 22.6. The summed E-state index contributed by atoms with van der Waals surface area (Å²) in [5, 5.41) is 13.8. The fourth-order valence-electron chi connectivity index (χ4n) is 2.39. The van der Waals surface area contributed by atoms with Gasteiger partial charge >= 0.3 is 0 Å². The van der Waals surface area contributed by atoms with Crippen molar-refractivity contribution < 1.29 is 9.84 Å². The second-order valence-electron chi connectivity index (χ2n) is 6.27. The Labute approximate surface area is 106 Å².